The molecule has 1 aliphatic rings. The molecule has 1 amide bonds. The van der Waals surface area contributed by atoms with E-state index in [1.165, 1.54) is 16.7 Å². The lowest BCUT2D eigenvalue weighted by molar-refractivity contribution is -0.133. The highest BCUT2D eigenvalue weighted by atomic mass is 16.2. The first-order chi connectivity index (χ1) is 9.92. The van der Waals surface area contributed by atoms with Gasteiger partial charge in [-0.2, -0.15) is 0 Å². The van der Waals surface area contributed by atoms with Crippen LogP contribution in [0.4, 0.5) is 0 Å². The van der Waals surface area contributed by atoms with E-state index < -0.39 is 5.54 Å². The summed E-state index contributed by atoms with van der Waals surface area (Å²) in [4.78, 5) is 14.8. The molecule has 1 aliphatic heterocycles. The molecule has 1 saturated heterocycles. The Morgan fingerprint density at radius 1 is 1.29 bits per heavy atom. The van der Waals surface area contributed by atoms with Crippen molar-refractivity contribution in [2.75, 3.05) is 6.54 Å². The van der Waals surface area contributed by atoms with Crippen LogP contribution in [0.3, 0.4) is 0 Å². The number of benzene rings is 1. The van der Waals surface area contributed by atoms with Crippen LogP contribution in [0.2, 0.25) is 0 Å². The third-order valence-electron chi connectivity index (χ3n) is 4.68. The minimum Gasteiger partial charge on any atom is -0.321 e. The van der Waals surface area contributed by atoms with Crippen LogP contribution in [0.15, 0.2) is 18.2 Å². The first-order valence-corrected chi connectivity index (χ1v) is 8.09. The van der Waals surface area contributed by atoms with Crippen LogP contribution in [-0.2, 0) is 4.79 Å². The van der Waals surface area contributed by atoms with Crippen molar-refractivity contribution in [3.63, 3.8) is 0 Å². The van der Waals surface area contributed by atoms with E-state index in [0.717, 1.165) is 25.8 Å². The number of nitrogens with one attached hydrogen (secondary N) is 1. The number of rotatable bonds is 5. The predicted molar refractivity (Wildman–Crippen MR) is 87.1 cm³/mol. The van der Waals surface area contributed by atoms with Gasteiger partial charge in [-0.05, 0) is 44.7 Å². The van der Waals surface area contributed by atoms with Crippen molar-refractivity contribution in [3.8, 4) is 0 Å². The van der Waals surface area contributed by atoms with E-state index in [-0.39, 0.29) is 12.1 Å². The molecule has 1 fully saturated rings. The lowest BCUT2D eigenvalue weighted by Gasteiger charge is -2.26. The van der Waals surface area contributed by atoms with Crippen LogP contribution in [-0.4, -0.2) is 22.9 Å². The Bertz CT molecular complexity index is 526. The fourth-order valence-electron chi connectivity index (χ4n) is 3.07. The second-order valence-electron chi connectivity index (χ2n) is 6.44. The maximum atomic E-state index is 12.8. The quantitative estimate of drug-likeness (QED) is 0.896. The van der Waals surface area contributed by atoms with Crippen LogP contribution in [0.25, 0.3) is 0 Å². The van der Waals surface area contributed by atoms with E-state index in [9.17, 15) is 4.79 Å². The summed E-state index contributed by atoms with van der Waals surface area (Å²) in [6.45, 7) is 11.3. The Morgan fingerprint density at radius 3 is 2.57 bits per heavy atom. The number of hydrogen-bond acceptors (Lipinski definition) is 2. The average Bonchev–Trinajstić information content (AvgIpc) is 2.70. The molecule has 1 aromatic carbocycles. The summed E-state index contributed by atoms with van der Waals surface area (Å²) in [5.41, 5.74) is 3.30. The SMILES string of the molecule is CCCCN1C(=O)C(C)(CC)NC1c1ccc(C)cc1C. The zero-order valence-corrected chi connectivity index (χ0v) is 14.0. The molecule has 2 unspecified atom stereocenters. The van der Waals surface area contributed by atoms with E-state index in [2.05, 4.69) is 51.2 Å². The van der Waals surface area contributed by atoms with Crippen LogP contribution >= 0.6 is 0 Å². The summed E-state index contributed by atoms with van der Waals surface area (Å²) >= 11 is 0. The fourth-order valence-corrected chi connectivity index (χ4v) is 3.07. The molecular formula is C18H28N2O. The first kappa shape index (κ1) is 16.0. The average molecular weight is 288 g/mol. The summed E-state index contributed by atoms with van der Waals surface area (Å²) in [7, 11) is 0. The maximum Gasteiger partial charge on any atom is 0.244 e. The molecule has 2 rings (SSSR count). The van der Waals surface area contributed by atoms with Gasteiger partial charge in [0, 0.05) is 6.54 Å². The molecule has 116 valence electrons. The number of nitrogens with zero attached hydrogens (tertiary/aromatic N) is 1. The van der Waals surface area contributed by atoms with Crippen LogP contribution < -0.4 is 5.32 Å². The van der Waals surface area contributed by atoms with E-state index in [4.69, 9.17) is 0 Å². The third-order valence-corrected chi connectivity index (χ3v) is 4.68. The Kier molecular flexibility index (Phi) is 4.72. The zero-order valence-electron chi connectivity index (χ0n) is 14.0. The van der Waals surface area contributed by atoms with Gasteiger partial charge >= 0.3 is 0 Å². The van der Waals surface area contributed by atoms with Crippen LogP contribution in [0.5, 0.6) is 0 Å². The second-order valence-corrected chi connectivity index (χ2v) is 6.44. The molecule has 1 aromatic rings. The molecule has 3 heteroatoms. The third kappa shape index (κ3) is 2.98. The van der Waals surface area contributed by atoms with E-state index in [0.29, 0.717) is 0 Å². The Balaban J connectivity index is 2.36. The lowest BCUT2D eigenvalue weighted by atomic mass is 9.99. The van der Waals surface area contributed by atoms with Gasteiger partial charge in [-0.25, -0.2) is 0 Å². The van der Waals surface area contributed by atoms with Gasteiger partial charge < -0.3 is 4.90 Å². The van der Waals surface area contributed by atoms with Gasteiger partial charge in [-0.1, -0.05) is 44.0 Å². The highest BCUT2D eigenvalue weighted by Crippen LogP contribution is 2.34. The number of carbonyl (C=O) groups excluding carboxylic acids is 1. The number of amides is 1. The normalized spacial score (nSPS) is 25.7. The van der Waals surface area contributed by atoms with Gasteiger partial charge in [0.05, 0.1) is 5.54 Å². The van der Waals surface area contributed by atoms with Crippen molar-refractivity contribution < 1.29 is 4.79 Å². The highest BCUT2D eigenvalue weighted by molar-refractivity contribution is 5.88. The molecule has 0 radical (unpaired) electrons. The van der Waals surface area contributed by atoms with Gasteiger partial charge in [0.2, 0.25) is 5.91 Å². The molecular weight excluding hydrogens is 260 g/mol. The Morgan fingerprint density at radius 2 is 2.00 bits per heavy atom. The van der Waals surface area contributed by atoms with Gasteiger partial charge in [-0.15, -0.1) is 0 Å². The molecule has 1 heterocycles. The number of hydrogen-bond donors (Lipinski definition) is 1. The molecule has 1 N–H and O–H groups in total. The summed E-state index contributed by atoms with van der Waals surface area (Å²) in [5.74, 6) is 0.239. The van der Waals surface area contributed by atoms with Crippen molar-refractivity contribution in [2.24, 2.45) is 0 Å². The molecule has 0 spiro atoms. The van der Waals surface area contributed by atoms with Crippen molar-refractivity contribution in [2.45, 2.75) is 65.6 Å². The van der Waals surface area contributed by atoms with Crippen LogP contribution in [0, 0.1) is 13.8 Å². The predicted octanol–water partition coefficient (Wildman–Crippen LogP) is 3.70. The standard InChI is InChI=1S/C18H28N2O/c1-6-8-11-20-16(19-18(5,7-2)17(20)21)15-10-9-13(3)12-14(15)4/h9-10,12,16,19H,6-8,11H2,1-5H3. The van der Waals surface area contributed by atoms with Crippen molar-refractivity contribution >= 4 is 5.91 Å². The molecule has 0 aliphatic carbocycles. The number of carbonyl (C=O) groups is 1. The molecule has 21 heavy (non-hydrogen) atoms. The summed E-state index contributed by atoms with van der Waals surface area (Å²) in [5, 5.41) is 3.58. The molecule has 2 atom stereocenters. The van der Waals surface area contributed by atoms with Crippen LogP contribution in [0.1, 0.15) is 62.9 Å². The fraction of sp³-hybridized carbons (Fsp3) is 0.611. The highest BCUT2D eigenvalue weighted by Gasteiger charge is 2.47. The molecule has 0 bridgehead atoms. The molecule has 3 nitrogen and oxygen atoms in total. The van der Waals surface area contributed by atoms with E-state index in [1.807, 2.05) is 11.8 Å². The Labute approximate surface area is 128 Å². The van der Waals surface area contributed by atoms with Gasteiger partial charge in [0.25, 0.3) is 0 Å². The van der Waals surface area contributed by atoms with Crippen molar-refractivity contribution in [1.82, 2.24) is 10.2 Å². The summed E-state index contributed by atoms with van der Waals surface area (Å²) in [6, 6.07) is 6.49. The lowest BCUT2D eigenvalue weighted by Crippen LogP contribution is -2.43. The topological polar surface area (TPSA) is 32.3 Å². The molecule has 0 saturated carbocycles. The largest absolute Gasteiger partial charge is 0.321 e. The van der Waals surface area contributed by atoms with Crippen molar-refractivity contribution in [1.29, 1.82) is 0 Å². The minimum absolute atomic E-state index is 0.00889. The van der Waals surface area contributed by atoms with E-state index in [1.54, 1.807) is 0 Å². The first-order valence-electron chi connectivity index (χ1n) is 8.09. The Hall–Kier alpha value is -1.35. The van der Waals surface area contributed by atoms with E-state index >= 15 is 0 Å². The van der Waals surface area contributed by atoms with Crippen molar-refractivity contribution in [3.05, 3.63) is 34.9 Å². The number of aryl methyl sites for hydroxylation is 2. The minimum atomic E-state index is -0.435. The molecule has 0 aromatic heterocycles. The maximum absolute atomic E-state index is 12.8. The van der Waals surface area contributed by atoms with Gasteiger partial charge in [0.15, 0.2) is 0 Å². The smallest absolute Gasteiger partial charge is 0.244 e. The summed E-state index contributed by atoms with van der Waals surface area (Å²) in [6.07, 6.45) is 2.98. The monoisotopic (exact) mass is 288 g/mol. The zero-order chi connectivity index (χ0) is 15.6. The second kappa shape index (κ2) is 6.18. The summed E-state index contributed by atoms with van der Waals surface area (Å²) < 4.78 is 0. The van der Waals surface area contributed by atoms with Gasteiger partial charge in [-0.3, -0.25) is 10.1 Å². The number of unbranched alkanes of at least 4 members (excludes halogenated alkanes) is 1. The van der Waals surface area contributed by atoms with Gasteiger partial charge in [0.1, 0.15) is 6.17 Å².